The van der Waals surface area contributed by atoms with Crippen molar-refractivity contribution in [3.05, 3.63) is 65.7 Å². The topological polar surface area (TPSA) is 86.8 Å². The third-order valence-corrected chi connectivity index (χ3v) is 6.22. The molecule has 180 valence electrons. The quantitative estimate of drug-likeness (QED) is 0.500. The summed E-state index contributed by atoms with van der Waals surface area (Å²) < 4.78 is 54.0. The molecular weight excluding hydrogens is 452 g/mol. The van der Waals surface area contributed by atoms with Crippen molar-refractivity contribution < 1.29 is 26.8 Å². The van der Waals surface area contributed by atoms with Crippen molar-refractivity contribution in [2.75, 3.05) is 23.7 Å². The van der Waals surface area contributed by atoms with E-state index >= 15 is 0 Å². The average Bonchev–Trinajstić information content (AvgIpc) is 2.76. The minimum atomic E-state index is -4.04. The maximum absolute atomic E-state index is 14.3. The number of amides is 2. The minimum absolute atomic E-state index is 0.163. The highest BCUT2D eigenvalue weighted by Gasteiger charge is 2.31. The number of hydrogen-bond donors (Lipinski definition) is 1. The summed E-state index contributed by atoms with van der Waals surface area (Å²) >= 11 is 0. The van der Waals surface area contributed by atoms with Crippen LogP contribution >= 0.6 is 0 Å². The fourth-order valence-corrected chi connectivity index (χ4v) is 4.03. The summed E-state index contributed by atoms with van der Waals surface area (Å²) in [5.74, 6) is -2.61. The second-order valence-electron chi connectivity index (χ2n) is 7.65. The Morgan fingerprint density at radius 3 is 2.21 bits per heavy atom. The molecule has 0 fully saturated rings. The van der Waals surface area contributed by atoms with Crippen LogP contribution in [0.5, 0.6) is 0 Å². The molecule has 10 heteroatoms. The third-order valence-electron chi connectivity index (χ3n) is 5.10. The number of rotatable bonds is 11. The Morgan fingerprint density at radius 1 is 1.03 bits per heavy atom. The number of nitrogens with zero attached hydrogens (tertiary/aromatic N) is 2. The highest BCUT2D eigenvalue weighted by atomic mass is 32.2. The van der Waals surface area contributed by atoms with Gasteiger partial charge in [0, 0.05) is 18.7 Å². The molecule has 0 aliphatic carbocycles. The third kappa shape index (κ3) is 7.24. The molecule has 0 saturated carbocycles. The van der Waals surface area contributed by atoms with Gasteiger partial charge in [0.15, 0.2) is 0 Å². The molecule has 0 bridgehead atoms. The molecule has 0 aliphatic rings. The second kappa shape index (κ2) is 11.7. The van der Waals surface area contributed by atoms with E-state index < -0.39 is 46.1 Å². The van der Waals surface area contributed by atoms with Gasteiger partial charge in [-0.1, -0.05) is 43.7 Å². The molecule has 2 amide bonds. The van der Waals surface area contributed by atoms with Crippen LogP contribution in [-0.4, -0.2) is 50.5 Å². The highest BCUT2D eigenvalue weighted by Crippen LogP contribution is 2.22. The van der Waals surface area contributed by atoms with Crippen LogP contribution in [0.4, 0.5) is 14.5 Å². The van der Waals surface area contributed by atoms with Crippen molar-refractivity contribution in [3.63, 3.8) is 0 Å². The molecule has 0 heterocycles. The van der Waals surface area contributed by atoms with Crippen LogP contribution in [-0.2, 0) is 26.2 Å². The average molecular weight is 482 g/mol. The van der Waals surface area contributed by atoms with Gasteiger partial charge in [0.2, 0.25) is 21.8 Å². The van der Waals surface area contributed by atoms with Crippen LogP contribution in [0.15, 0.2) is 48.5 Å². The number of anilines is 1. The zero-order valence-electron chi connectivity index (χ0n) is 18.9. The first kappa shape index (κ1) is 26.2. The van der Waals surface area contributed by atoms with Crippen molar-refractivity contribution in [1.29, 1.82) is 0 Å². The lowest BCUT2D eigenvalue weighted by atomic mass is 10.1. The number of carbonyl (C=O) groups is 2. The van der Waals surface area contributed by atoms with E-state index in [2.05, 4.69) is 5.32 Å². The van der Waals surface area contributed by atoms with E-state index in [1.54, 1.807) is 6.07 Å². The van der Waals surface area contributed by atoms with Gasteiger partial charge in [0.1, 0.15) is 24.2 Å². The molecule has 0 aromatic heterocycles. The summed E-state index contributed by atoms with van der Waals surface area (Å²) in [6, 6.07) is 9.94. The summed E-state index contributed by atoms with van der Waals surface area (Å²) in [5, 5.41) is 2.73. The van der Waals surface area contributed by atoms with Crippen molar-refractivity contribution in [2.45, 2.75) is 39.3 Å². The van der Waals surface area contributed by atoms with Crippen LogP contribution in [0.3, 0.4) is 0 Å². The number of hydrogen-bond acceptors (Lipinski definition) is 4. The molecule has 2 aromatic rings. The molecule has 7 nitrogen and oxygen atoms in total. The van der Waals surface area contributed by atoms with Gasteiger partial charge in [-0.25, -0.2) is 17.2 Å². The van der Waals surface area contributed by atoms with Crippen molar-refractivity contribution in [3.8, 4) is 0 Å². The lowest BCUT2D eigenvalue weighted by molar-refractivity contribution is -0.139. The van der Waals surface area contributed by atoms with Gasteiger partial charge < -0.3 is 10.2 Å². The van der Waals surface area contributed by atoms with Gasteiger partial charge in [0.05, 0.1) is 11.9 Å². The number of halogens is 2. The van der Waals surface area contributed by atoms with E-state index in [0.29, 0.717) is 10.8 Å². The number of unbranched alkanes of at least 4 members (excludes halogenated alkanes) is 1. The lowest BCUT2D eigenvalue weighted by Gasteiger charge is -2.31. The van der Waals surface area contributed by atoms with Crippen LogP contribution in [0.2, 0.25) is 0 Å². The largest absolute Gasteiger partial charge is 0.354 e. The number of sulfonamides is 1. The zero-order chi connectivity index (χ0) is 24.6. The van der Waals surface area contributed by atoms with E-state index in [4.69, 9.17) is 0 Å². The van der Waals surface area contributed by atoms with Crippen LogP contribution in [0.25, 0.3) is 0 Å². The molecule has 0 saturated heterocycles. The van der Waals surface area contributed by atoms with Gasteiger partial charge in [-0.15, -0.1) is 0 Å². The summed E-state index contributed by atoms with van der Waals surface area (Å²) in [7, 11) is -4.04. The van der Waals surface area contributed by atoms with E-state index in [-0.39, 0.29) is 17.8 Å². The zero-order valence-corrected chi connectivity index (χ0v) is 19.7. The van der Waals surface area contributed by atoms with Crippen molar-refractivity contribution in [2.24, 2.45) is 0 Å². The predicted octanol–water partition coefficient (Wildman–Crippen LogP) is 3.06. The summed E-state index contributed by atoms with van der Waals surface area (Å²) in [4.78, 5) is 27.0. The number of para-hydroxylation sites is 1. The first-order valence-electron chi connectivity index (χ1n) is 10.6. The van der Waals surface area contributed by atoms with Gasteiger partial charge in [-0.05, 0) is 31.5 Å². The van der Waals surface area contributed by atoms with Gasteiger partial charge >= 0.3 is 0 Å². The summed E-state index contributed by atoms with van der Waals surface area (Å²) in [5.41, 5.74) is -0.130. The maximum Gasteiger partial charge on any atom is 0.244 e. The minimum Gasteiger partial charge on any atom is -0.354 e. The number of nitrogens with one attached hydrogen (secondary N) is 1. The first-order chi connectivity index (χ1) is 15.6. The molecule has 2 rings (SSSR count). The van der Waals surface area contributed by atoms with Crippen molar-refractivity contribution in [1.82, 2.24) is 10.2 Å². The van der Waals surface area contributed by atoms with E-state index in [0.717, 1.165) is 30.1 Å². The molecule has 1 atom stereocenters. The summed E-state index contributed by atoms with van der Waals surface area (Å²) in [6.07, 6.45) is 2.46. The fourth-order valence-electron chi connectivity index (χ4n) is 3.18. The van der Waals surface area contributed by atoms with Gasteiger partial charge in [-0.3, -0.25) is 13.9 Å². The van der Waals surface area contributed by atoms with Gasteiger partial charge in [-0.2, -0.15) is 0 Å². The molecule has 0 spiro atoms. The molecule has 2 aromatic carbocycles. The molecule has 0 radical (unpaired) electrons. The second-order valence-corrected chi connectivity index (χ2v) is 9.56. The lowest BCUT2D eigenvalue weighted by Crippen LogP contribution is -2.51. The Morgan fingerprint density at radius 2 is 1.64 bits per heavy atom. The van der Waals surface area contributed by atoms with E-state index in [1.807, 2.05) is 6.92 Å². The molecule has 1 unspecified atom stereocenters. The maximum atomic E-state index is 14.3. The number of carbonyl (C=O) groups excluding carboxylic acids is 2. The van der Waals surface area contributed by atoms with Crippen LogP contribution in [0.1, 0.15) is 32.3 Å². The van der Waals surface area contributed by atoms with Gasteiger partial charge in [0.25, 0.3) is 0 Å². The Hall–Kier alpha value is -3.01. The Balaban J connectivity index is 2.37. The molecule has 0 aliphatic heterocycles. The molecule has 1 N–H and O–H groups in total. The number of benzene rings is 2. The predicted molar refractivity (Wildman–Crippen MR) is 123 cm³/mol. The normalized spacial score (nSPS) is 12.2. The smallest absolute Gasteiger partial charge is 0.244 e. The standard InChI is InChI=1S/C23H29F2N3O4S/c1-4-5-14-26-23(30)17(2)27(15-18-10-6-7-11-19(18)24)22(29)16-28(33(3,31)32)21-13-9-8-12-20(21)25/h6-13,17H,4-5,14-16H2,1-3H3,(H,26,30). The summed E-state index contributed by atoms with van der Waals surface area (Å²) in [6.45, 7) is 2.84. The fraction of sp³-hybridized carbons (Fsp3) is 0.391. The van der Waals surface area contributed by atoms with Crippen molar-refractivity contribution >= 4 is 27.5 Å². The first-order valence-corrected chi connectivity index (χ1v) is 12.4. The SMILES string of the molecule is CCCCNC(=O)C(C)N(Cc1ccccc1F)C(=O)CN(c1ccccc1F)S(C)(=O)=O. The Bertz CT molecular complexity index is 1080. The Kier molecular flexibility index (Phi) is 9.33. The monoisotopic (exact) mass is 481 g/mol. The highest BCUT2D eigenvalue weighted by molar-refractivity contribution is 7.92. The molecular formula is C23H29F2N3O4S. The van der Waals surface area contributed by atoms with E-state index in [1.165, 1.54) is 43.3 Å². The Labute approximate surface area is 193 Å². The van der Waals surface area contributed by atoms with Crippen LogP contribution < -0.4 is 9.62 Å². The van der Waals surface area contributed by atoms with E-state index in [9.17, 15) is 26.8 Å². The van der Waals surface area contributed by atoms with Crippen LogP contribution in [0, 0.1) is 11.6 Å². The molecule has 33 heavy (non-hydrogen) atoms.